The van der Waals surface area contributed by atoms with Crippen LogP contribution in [0.3, 0.4) is 0 Å². The highest BCUT2D eigenvalue weighted by molar-refractivity contribution is 5.84. The van der Waals surface area contributed by atoms with Crippen molar-refractivity contribution in [2.45, 2.75) is 5.92 Å². The second-order valence-electron chi connectivity index (χ2n) is 3.27. The predicted octanol–water partition coefficient (Wildman–Crippen LogP) is 0.0141. The van der Waals surface area contributed by atoms with Crippen LogP contribution in [0, 0.1) is 11.3 Å². The van der Waals surface area contributed by atoms with Gasteiger partial charge in [0.1, 0.15) is 0 Å². The Balaban J connectivity index is 2.27. The van der Waals surface area contributed by atoms with Crippen LogP contribution >= 0.6 is 0 Å². The maximum atomic E-state index is 13.0. The normalized spacial score (nSPS) is 42.1. The summed E-state index contributed by atoms with van der Waals surface area (Å²) in [7, 11) is 1.14. The number of hydrogen-bond acceptors (Lipinski definition) is 3. The van der Waals surface area contributed by atoms with Crippen LogP contribution in [-0.2, 0) is 9.53 Å². The molecule has 1 saturated heterocycles. The molecule has 0 radical (unpaired) electrons. The minimum Gasteiger partial charge on any atom is -0.468 e. The minimum absolute atomic E-state index is 0.0390. The van der Waals surface area contributed by atoms with Crippen molar-refractivity contribution in [3.05, 3.63) is 0 Å². The fourth-order valence-electron chi connectivity index (χ4n) is 2.02. The molecule has 0 aromatic carbocycles. The van der Waals surface area contributed by atoms with E-state index in [2.05, 4.69) is 10.1 Å². The molecule has 0 aromatic rings. The molecule has 3 nitrogen and oxygen atoms in total. The molecule has 0 spiro atoms. The number of alkyl halides is 2. The van der Waals surface area contributed by atoms with Crippen molar-refractivity contribution in [3.63, 3.8) is 0 Å². The Hall–Kier alpha value is -0.710. The Morgan fingerprint density at radius 2 is 2.33 bits per heavy atom. The fourth-order valence-corrected chi connectivity index (χ4v) is 2.02. The Bertz CT molecular complexity index is 244. The topological polar surface area (TPSA) is 38.3 Å². The van der Waals surface area contributed by atoms with Gasteiger partial charge in [0.05, 0.1) is 13.0 Å². The van der Waals surface area contributed by atoms with Crippen LogP contribution < -0.4 is 5.32 Å². The number of piperidine rings is 1. The molecule has 12 heavy (non-hydrogen) atoms. The van der Waals surface area contributed by atoms with Gasteiger partial charge in [-0.2, -0.15) is 0 Å². The van der Waals surface area contributed by atoms with E-state index in [1.54, 1.807) is 0 Å². The maximum Gasteiger partial charge on any atom is 0.319 e. The summed E-state index contributed by atoms with van der Waals surface area (Å²) in [5.74, 6) is -4.49. The molecule has 1 aliphatic carbocycles. The summed E-state index contributed by atoms with van der Waals surface area (Å²) in [6.07, 6.45) is 0. The van der Waals surface area contributed by atoms with Crippen molar-refractivity contribution in [2.75, 3.05) is 20.2 Å². The van der Waals surface area contributed by atoms with Crippen LogP contribution in [0.2, 0.25) is 0 Å². The lowest BCUT2D eigenvalue weighted by Gasteiger charge is -2.10. The van der Waals surface area contributed by atoms with Crippen LogP contribution in [0.15, 0.2) is 0 Å². The highest BCUT2D eigenvalue weighted by atomic mass is 19.3. The highest BCUT2D eigenvalue weighted by Gasteiger charge is 2.87. The van der Waals surface area contributed by atoms with Crippen molar-refractivity contribution < 1.29 is 18.3 Å². The molecule has 5 heteroatoms. The fraction of sp³-hybridized carbons (Fsp3) is 0.857. The number of methoxy groups -OCH3 is 1. The number of ether oxygens (including phenoxy) is 1. The van der Waals surface area contributed by atoms with Crippen LogP contribution in [0.25, 0.3) is 0 Å². The Morgan fingerprint density at radius 1 is 1.67 bits per heavy atom. The molecule has 2 atom stereocenters. The van der Waals surface area contributed by atoms with Gasteiger partial charge in [0.25, 0.3) is 5.92 Å². The van der Waals surface area contributed by atoms with Gasteiger partial charge in [-0.3, -0.25) is 4.79 Å². The first kappa shape index (κ1) is 7.91. The number of esters is 1. The molecule has 2 fully saturated rings. The number of fused-ring (bicyclic) bond motifs is 1. The standard InChI is InChI=1S/C7H9F2NO2/c1-12-5(11)6-3-10-2-4(6)7(6,8)9/h4,10H,2-3H2,1H3/t4-,6-/m1/s1. The number of carbonyl (C=O) groups excluding carboxylic acids is 1. The van der Waals surface area contributed by atoms with Gasteiger partial charge >= 0.3 is 5.97 Å². The van der Waals surface area contributed by atoms with E-state index in [0.29, 0.717) is 0 Å². The van der Waals surface area contributed by atoms with E-state index in [-0.39, 0.29) is 13.1 Å². The van der Waals surface area contributed by atoms with Gasteiger partial charge < -0.3 is 10.1 Å². The molecule has 68 valence electrons. The Morgan fingerprint density at radius 3 is 2.75 bits per heavy atom. The van der Waals surface area contributed by atoms with Gasteiger partial charge in [0.2, 0.25) is 0 Å². The SMILES string of the molecule is COC(=O)[C@@]12CNC[C@H]1C2(F)F. The van der Waals surface area contributed by atoms with Crippen molar-refractivity contribution in [1.29, 1.82) is 0 Å². The first-order valence-electron chi connectivity index (χ1n) is 3.74. The number of nitrogens with one attached hydrogen (secondary N) is 1. The summed E-state index contributed by atoms with van der Waals surface area (Å²) in [6, 6.07) is 0. The zero-order valence-electron chi connectivity index (χ0n) is 6.56. The quantitative estimate of drug-likeness (QED) is 0.573. The van der Waals surface area contributed by atoms with E-state index in [4.69, 9.17) is 0 Å². The first-order chi connectivity index (χ1) is 5.57. The minimum atomic E-state index is -2.86. The monoisotopic (exact) mass is 177 g/mol. The van der Waals surface area contributed by atoms with Crippen molar-refractivity contribution >= 4 is 5.97 Å². The Kier molecular flexibility index (Phi) is 1.29. The van der Waals surface area contributed by atoms with Gasteiger partial charge in [-0.05, 0) is 0 Å². The van der Waals surface area contributed by atoms with E-state index in [1.165, 1.54) is 0 Å². The summed E-state index contributed by atoms with van der Waals surface area (Å²) < 4.78 is 30.3. The number of carbonyl (C=O) groups is 1. The second-order valence-corrected chi connectivity index (χ2v) is 3.27. The molecule has 0 unspecified atom stereocenters. The van der Waals surface area contributed by atoms with E-state index in [0.717, 1.165) is 7.11 Å². The smallest absolute Gasteiger partial charge is 0.319 e. The van der Waals surface area contributed by atoms with E-state index in [9.17, 15) is 13.6 Å². The van der Waals surface area contributed by atoms with E-state index >= 15 is 0 Å². The Labute approximate surface area is 68.1 Å². The summed E-state index contributed by atoms with van der Waals surface area (Å²) in [5, 5.41) is 2.75. The molecule has 1 aliphatic heterocycles. The van der Waals surface area contributed by atoms with Crippen LogP contribution in [-0.4, -0.2) is 32.1 Å². The highest BCUT2D eigenvalue weighted by Crippen LogP contribution is 2.68. The van der Waals surface area contributed by atoms with Gasteiger partial charge in [-0.15, -0.1) is 0 Å². The van der Waals surface area contributed by atoms with Crippen LogP contribution in [0.5, 0.6) is 0 Å². The van der Waals surface area contributed by atoms with Crippen molar-refractivity contribution in [2.24, 2.45) is 11.3 Å². The van der Waals surface area contributed by atoms with E-state index < -0.39 is 23.2 Å². The summed E-state index contributed by atoms with van der Waals surface area (Å²) >= 11 is 0. The largest absolute Gasteiger partial charge is 0.468 e. The average molecular weight is 177 g/mol. The molecular formula is C7H9F2NO2. The molecule has 0 bridgehead atoms. The lowest BCUT2D eigenvalue weighted by Crippen LogP contribution is -2.32. The lowest BCUT2D eigenvalue weighted by molar-refractivity contribution is -0.150. The zero-order chi connectivity index (χ0) is 8.98. The molecule has 0 amide bonds. The lowest BCUT2D eigenvalue weighted by atomic mass is 10.1. The molecular weight excluding hydrogens is 168 g/mol. The molecule has 1 N–H and O–H groups in total. The van der Waals surface area contributed by atoms with Crippen molar-refractivity contribution in [3.8, 4) is 0 Å². The number of rotatable bonds is 1. The molecule has 2 rings (SSSR count). The summed E-state index contributed by atoms with van der Waals surface area (Å²) in [4.78, 5) is 11.1. The second kappa shape index (κ2) is 1.96. The molecule has 0 aromatic heterocycles. The van der Waals surface area contributed by atoms with Crippen LogP contribution in [0.4, 0.5) is 8.78 Å². The molecule has 1 saturated carbocycles. The third-order valence-electron chi connectivity index (χ3n) is 2.85. The van der Waals surface area contributed by atoms with Gasteiger partial charge in [-0.1, -0.05) is 0 Å². The van der Waals surface area contributed by atoms with Gasteiger partial charge in [0.15, 0.2) is 5.41 Å². The summed E-state index contributed by atoms with van der Waals surface area (Å²) in [6.45, 7) is 0.249. The van der Waals surface area contributed by atoms with Gasteiger partial charge in [0, 0.05) is 13.1 Å². The van der Waals surface area contributed by atoms with Gasteiger partial charge in [-0.25, -0.2) is 8.78 Å². The van der Waals surface area contributed by atoms with Crippen molar-refractivity contribution in [1.82, 2.24) is 5.32 Å². The average Bonchev–Trinajstić information content (AvgIpc) is 2.48. The third-order valence-corrected chi connectivity index (χ3v) is 2.85. The summed E-state index contributed by atoms with van der Waals surface area (Å²) in [5.41, 5.74) is -1.54. The number of hydrogen-bond donors (Lipinski definition) is 1. The molecule has 1 heterocycles. The predicted molar refractivity (Wildman–Crippen MR) is 35.8 cm³/mol. The number of halogens is 2. The molecule has 2 aliphatic rings. The maximum absolute atomic E-state index is 13.0. The van der Waals surface area contributed by atoms with Crippen LogP contribution in [0.1, 0.15) is 0 Å². The zero-order valence-corrected chi connectivity index (χ0v) is 6.56. The first-order valence-corrected chi connectivity index (χ1v) is 3.74. The van der Waals surface area contributed by atoms with E-state index in [1.807, 2.05) is 0 Å². The third kappa shape index (κ3) is 0.576.